The summed E-state index contributed by atoms with van der Waals surface area (Å²) in [6.07, 6.45) is 4.45. The molecule has 0 bridgehead atoms. The van der Waals surface area contributed by atoms with Gasteiger partial charge in [0.15, 0.2) is 11.6 Å². The summed E-state index contributed by atoms with van der Waals surface area (Å²) in [5, 5.41) is 3.44. The van der Waals surface area contributed by atoms with Gasteiger partial charge in [-0.2, -0.15) is 0 Å². The van der Waals surface area contributed by atoms with Crippen molar-refractivity contribution in [1.29, 1.82) is 0 Å². The fourth-order valence-corrected chi connectivity index (χ4v) is 3.73. The van der Waals surface area contributed by atoms with Gasteiger partial charge in [0.25, 0.3) is 0 Å². The molecule has 4 nitrogen and oxygen atoms in total. The zero-order valence-corrected chi connectivity index (χ0v) is 13.7. The van der Waals surface area contributed by atoms with Crippen LogP contribution in [0.15, 0.2) is 18.2 Å². The first-order valence-electron chi connectivity index (χ1n) is 8.43. The fourth-order valence-electron chi connectivity index (χ4n) is 3.73. The van der Waals surface area contributed by atoms with Gasteiger partial charge in [0.05, 0.1) is 7.11 Å². The lowest BCUT2D eigenvalue weighted by atomic mass is 9.78. The Bertz CT molecular complexity index is 560. The maximum atomic E-state index is 13.7. The molecule has 1 amide bonds. The molecule has 2 aliphatic rings. The highest BCUT2D eigenvalue weighted by Gasteiger charge is 2.37. The first-order valence-corrected chi connectivity index (χ1v) is 8.43. The zero-order chi connectivity index (χ0) is 16.3. The van der Waals surface area contributed by atoms with Gasteiger partial charge in [0.2, 0.25) is 5.91 Å². The molecule has 1 aromatic carbocycles. The summed E-state index contributed by atoms with van der Waals surface area (Å²) >= 11 is 0. The Balaban J connectivity index is 1.49. The van der Waals surface area contributed by atoms with E-state index in [9.17, 15) is 9.18 Å². The summed E-state index contributed by atoms with van der Waals surface area (Å²) in [6.45, 7) is 3.92. The first kappa shape index (κ1) is 16.2. The van der Waals surface area contributed by atoms with Crippen LogP contribution in [0.3, 0.4) is 0 Å². The molecule has 126 valence electrons. The molecule has 1 N–H and O–H groups in total. The van der Waals surface area contributed by atoms with Gasteiger partial charge in [-0.25, -0.2) is 4.39 Å². The average Bonchev–Trinajstić information content (AvgIpc) is 3.01. The minimum Gasteiger partial charge on any atom is -0.494 e. The minimum absolute atomic E-state index is 0.182. The Hall–Kier alpha value is -1.62. The standard InChI is InChI=1S/C18H25FN2O2/c1-23-16-4-2-14(12-15(16)19)3-5-17(22)21-10-7-18(8-11-21)6-9-20-13-18/h2,4,12,20H,3,5-11,13H2,1H3. The van der Waals surface area contributed by atoms with Crippen molar-refractivity contribution in [3.8, 4) is 5.75 Å². The number of rotatable bonds is 4. The molecule has 0 aromatic heterocycles. The van der Waals surface area contributed by atoms with Crippen LogP contribution in [0.2, 0.25) is 0 Å². The molecule has 23 heavy (non-hydrogen) atoms. The molecule has 1 aromatic rings. The van der Waals surface area contributed by atoms with Gasteiger partial charge in [-0.05, 0) is 55.3 Å². The molecule has 3 rings (SSSR count). The van der Waals surface area contributed by atoms with Crippen molar-refractivity contribution in [3.63, 3.8) is 0 Å². The summed E-state index contributed by atoms with van der Waals surface area (Å²) in [5.74, 6) is 0.0553. The van der Waals surface area contributed by atoms with Crippen molar-refractivity contribution in [1.82, 2.24) is 10.2 Å². The largest absolute Gasteiger partial charge is 0.494 e. The number of nitrogens with zero attached hydrogens (tertiary/aromatic N) is 1. The lowest BCUT2D eigenvalue weighted by Gasteiger charge is -2.39. The van der Waals surface area contributed by atoms with E-state index in [0.717, 1.165) is 44.6 Å². The molecule has 2 aliphatic heterocycles. The Kier molecular flexibility index (Phi) is 4.85. The number of carbonyl (C=O) groups excluding carboxylic acids is 1. The number of halogens is 1. The van der Waals surface area contributed by atoms with E-state index in [1.807, 2.05) is 11.0 Å². The van der Waals surface area contributed by atoms with Crippen molar-refractivity contribution in [2.45, 2.75) is 32.1 Å². The van der Waals surface area contributed by atoms with E-state index in [0.29, 0.717) is 18.3 Å². The van der Waals surface area contributed by atoms with Crippen LogP contribution in [0.5, 0.6) is 5.75 Å². The quantitative estimate of drug-likeness (QED) is 0.926. The molecule has 5 heteroatoms. The van der Waals surface area contributed by atoms with E-state index in [4.69, 9.17) is 4.74 Å². The Morgan fingerprint density at radius 2 is 2.13 bits per heavy atom. The molecular formula is C18H25FN2O2. The molecule has 0 aliphatic carbocycles. The van der Waals surface area contributed by atoms with E-state index in [2.05, 4.69) is 5.32 Å². The summed E-state index contributed by atoms with van der Waals surface area (Å²) in [4.78, 5) is 14.4. The van der Waals surface area contributed by atoms with Gasteiger partial charge in [-0.1, -0.05) is 6.07 Å². The number of amides is 1. The number of aryl methyl sites for hydroxylation is 1. The van der Waals surface area contributed by atoms with Crippen LogP contribution >= 0.6 is 0 Å². The molecule has 2 heterocycles. The first-order chi connectivity index (χ1) is 11.1. The number of benzene rings is 1. The number of likely N-dealkylation sites (tertiary alicyclic amines) is 1. The molecule has 0 unspecified atom stereocenters. The van der Waals surface area contributed by atoms with Gasteiger partial charge >= 0.3 is 0 Å². The van der Waals surface area contributed by atoms with Crippen LogP contribution in [0.4, 0.5) is 4.39 Å². The second-order valence-corrected chi connectivity index (χ2v) is 6.78. The van der Waals surface area contributed by atoms with E-state index in [1.54, 1.807) is 6.07 Å². The second kappa shape index (κ2) is 6.87. The van der Waals surface area contributed by atoms with Crippen molar-refractivity contribution >= 4 is 5.91 Å². The molecule has 0 atom stereocenters. The van der Waals surface area contributed by atoms with Crippen LogP contribution in [0.25, 0.3) is 0 Å². The summed E-state index contributed by atoms with van der Waals surface area (Å²) < 4.78 is 18.6. The Labute approximate surface area is 137 Å². The topological polar surface area (TPSA) is 41.6 Å². The number of nitrogens with one attached hydrogen (secondary N) is 1. The van der Waals surface area contributed by atoms with Crippen molar-refractivity contribution in [3.05, 3.63) is 29.6 Å². The van der Waals surface area contributed by atoms with Crippen molar-refractivity contribution in [2.24, 2.45) is 5.41 Å². The van der Waals surface area contributed by atoms with Gasteiger partial charge in [-0.3, -0.25) is 4.79 Å². The van der Waals surface area contributed by atoms with Crippen LogP contribution in [0, 0.1) is 11.2 Å². The molecule has 0 radical (unpaired) electrons. The molecule has 2 fully saturated rings. The highest BCUT2D eigenvalue weighted by Crippen LogP contribution is 2.37. The highest BCUT2D eigenvalue weighted by molar-refractivity contribution is 5.76. The van der Waals surface area contributed by atoms with E-state index in [-0.39, 0.29) is 17.5 Å². The molecular weight excluding hydrogens is 295 g/mol. The lowest BCUT2D eigenvalue weighted by Crippen LogP contribution is -2.44. The predicted molar refractivity (Wildman–Crippen MR) is 87.0 cm³/mol. The monoisotopic (exact) mass is 320 g/mol. The predicted octanol–water partition coefficient (Wildman–Crippen LogP) is 2.37. The SMILES string of the molecule is COc1ccc(CCC(=O)N2CCC3(CCNC3)CC2)cc1F. The normalized spacial score (nSPS) is 20.0. The summed E-state index contributed by atoms with van der Waals surface area (Å²) in [6, 6.07) is 4.90. The van der Waals surface area contributed by atoms with Crippen LogP contribution in [-0.2, 0) is 11.2 Å². The number of ether oxygens (including phenoxy) is 1. The summed E-state index contributed by atoms with van der Waals surface area (Å²) in [7, 11) is 1.45. The fraction of sp³-hybridized carbons (Fsp3) is 0.611. The maximum Gasteiger partial charge on any atom is 0.222 e. The third-order valence-electron chi connectivity index (χ3n) is 5.35. The molecule has 2 saturated heterocycles. The van der Waals surface area contributed by atoms with Crippen molar-refractivity contribution in [2.75, 3.05) is 33.3 Å². The number of hydrogen-bond acceptors (Lipinski definition) is 3. The third kappa shape index (κ3) is 3.66. The second-order valence-electron chi connectivity index (χ2n) is 6.78. The van der Waals surface area contributed by atoms with E-state index < -0.39 is 0 Å². The van der Waals surface area contributed by atoms with Gasteiger partial charge < -0.3 is 15.0 Å². The zero-order valence-electron chi connectivity index (χ0n) is 13.7. The maximum absolute atomic E-state index is 13.7. The third-order valence-corrected chi connectivity index (χ3v) is 5.35. The number of piperidine rings is 1. The van der Waals surface area contributed by atoms with Crippen LogP contribution < -0.4 is 10.1 Å². The lowest BCUT2D eigenvalue weighted by molar-refractivity contribution is -0.133. The van der Waals surface area contributed by atoms with E-state index in [1.165, 1.54) is 19.6 Å². The van der Waals surface area contributed by atoms with Crippen molar-refractivity contribution < 1.29 is 13.9 Å². The molecule has 1 spiro atoms. The number of methoxy groups -OCH3 is 1. The van der Waals surface area contributed by atoms with E-state index >= 15 is 0 Å². The Morgan fingerprint density at radius 3 is 2.74 bits per heavy atom. The number of carbonyl (C=O) groups is 1. The van der Waals surface area contributed by atoms with Crippen LogP contribution in [-0.4, -0.2) is 44.1 Å². The highest BCUT2D eigenvalue weighted by atomic mass is 19.1. The summed E-state index contributed by atoms with van der Waals surface area (Å²) in [5.41, 5.74) is 1.26. The van der Waals surface area contributed by atoms with Crippen LogP contribution in [0.1, 0.15) is 31.2 Å². The van der Waals surface area contributed by atoms with Gasteiger partial charge in [0.1, 0.15) is 0 Å². The Morgan fingerprint density at radius 1 is 1.35 bits per heavy atom. The smallest absolute Gasteiger partial charge is 0.222 e. The van der Waals surface area contributed by atoms with Gasteiger partial charge in [0, 0.05) is 26.1 Å². The minimum atomic E-state index is -0.369. The average molecular weight is 320 g/mol. The number of hydrogen-bond donors (Lipinski definition) is 1. The molecule has 0 saturated carbocycles. The van der Waals surface area contributed by atoms with Gasteiger partial charge in [-0.15, -0.1) is 0 Å².